The summed E-state index contributed by atoms with van der Waals surface area (Å²) in [5, 5.41) is 3.75. The van der Waals surface area contributed by atoms with Gasteiger partial charge in [0.15, 0.2) is 0 Å². The van der Waals surface area contributed by atoms with Gasteiger partial charge in [-0.1, -0.05) is 23.8 Å². The van der Waals surface area contributed by atoms with Gasteiger partial charge in [0.25, 0.3) is 0 Å². The fourth-order valence-corrected chi connectivity index (χ4v) is 3.15. The lowest BCUT2D eigenvalue weighted by Crippen LogP contribution is -2.39. The van der Waals surface area contributed by atoms with E-state index in [1.807, 2.05) is 0 Å². The van der Waals surface area contributed by atoms with Crippen LogP contribution in [0.25, 0.3) is 0 Å². The molecule has 19 heavy (non-hydrogen) atoms. The van der Waals surface area contributed by atoms with Crippen LogP contribution in [-0.2, 0) is 0 Å². The highest BCUT2D eigenvalue weighted by Crippen LogP contribution is 2.19. The Kier molecular flexibility index (Phi) is 5.00. The molecule has 1 fully saturated rings. The summed E-state index contributed by atoms with van der Waals surface area (Å²) in [7, 11) is 0. The first-order chi connectivity index (χ1) is 9.06. The van der Waals surface area contributed by atoms with Gasteiger partial charge in [0.1, 0.15) is 0 Å². The molecule has 2 rings (SSSR count). The van der Waals surface area contributed by atoms with E-state index in [-0.39, 0.29) is 0 Å². The van der Waals surface area contributed by atoms with Gasteiger partial charge in [0.05, 0.1) is 0 Å². The summed E-state index contributed by atoms with van der Waals surface area (Å²) in [6.07, 6.45) is 2.75. The predicted molar refractivity (Wildman–Crippen MR) is 82.6 cm³/mol. The van der Waals surface area contributed by atoms with Gasteiger partial charge >= 0.3 is 0 Å². The van der Waals surface area contributed by atoms with Crippen molar-refractivity contribution < 1.29 is 0 Å². The Labute approximate surface area is 118 Å². The zero-order valence-electron chi connectivity index (χ0n) is 12.9. The summed E-state index contributed by atoms with van der Waals surface area (Å²) in [5.41, 5.74) is 4.17. The number of rotatable bonds is 5. The average Bonchev–Trinajstić information content (AvgIpc) is 2.84. The first-order valence-corrected chi connectivity index (χ1v) is 7.62. The third kappa shape index (κ3) is 4.05. The molecule has 1 aliphatic heterocycles. The second-order valence-electron chi connectivity index (χ2n) is 6.16. The highest BCUT2D eigenvalue weighted by Gasteiger charge is 2.17. The number of likely N-dealkylation sites (tertiary alicyclic amines) is 1. The lowest BCUT2D eigenvalue weighted by atomic mass is 9.99. The zero-order chi connectivity index (χ0) is 13.8. The van der Waals surface area contributed by atoms with Crippen LogP contribution in [0, 0.1) is 13.8 Å². The third-order valence-corrected chi connectivity index (χ3v) is 4.17. The number of aryl methyl sites for hydroxylation is 2. The molecule has 1 N–H and O–H groups in total. The van der Waals surface area contributed by atoms with Crippen molar-refractivity contribution in [3.8, 4) is 0 Å². The van der Waals surface area contributed by atoms with Gasteiger partial charge in [-0.25, -0.2) is 0 Å². The minimum atomic E-state index is 0.428. The Bertz CT molecular complexity index is 408. The van der Waals surface area contributed by atoms with Gasteiger partial charge in [-0.05, 0) is 64.8 Å². The maximum absolute atomic E-state index is 3.75. The van der Waals surface area contributed by atoms with E-state index in [0.29, 0.717) is 12.1 Å². The van der Waals surface area contributed by atoms with Gasteiger partial charge < -0.3 is 10.2 Å². The largest absolute Gasteiger partial charge is 0.306 e. The maximum atomic E-state index is 3.75. The van der Waals surface area contributed by atoms with Gasteiger partial charge in [0, 0.05) is 18.6 Å². The topological polar surface area (TPSA) is 15.3 Å². The van der Waals surface area contributed by atoms with Crippen LogP contribution in [0.15, 0.2) is 18.2 Å². The maximum Gasteiger partial charge on any atom is 0.0297 e. The fraction of sp³-hybridized carbons (Fsp3) is 0.647. The Morgan fingerprint density at radius 2 is 1.84 bits per heavy atom. The van der Waals surface area contributed by atoms with E-state index in [2.05, 4.69) is 56.1 Å². The Hall–Kier alpha value is -0.860. The van der Waals surface area contributed by atoms with Crippen LogP contribution in [0.4, 0.5) is 0 Å². The molecule has 2 heteroatoms. The molecule has 2 atom stereocenters. The first kappa shape index (κ1) is 14.5. The molecule has 1 aromatic rings. The molecule has 2 unspecified atom stereocenters. The highest BCUT2D eigenvalue weighted by molar-refractivity contribution is 5.32. The molecule has 0 aromatic heterocycles. The summed E-state index contributed by atoms with van der Waals surface area (Å²) < 4.78 is 0. The van der Waals surface area contributed by atoms with E-state index in [4.69, 9.17) is 0 Å². The number of nitrogens with zero attached hydrogens (tertiary/aromatic N) is 1. The van der Waals surface area contributed by atoms with E-state index >= 15 is 0 Å². The van der Waals surface area contributed by atoms with Gasteiger partial charge in [0.2, 0.25) is 0 Å². The summed E-state index contributed by atoms with van der Waals surface area (Å²) in [6, 6.07) is 7.72. The van der Waals surface area contributed by atoms with E-state index in [1.165, 1.54) is 49.2 Å². The van der Waals surface area contributed by atoms with Crippen LogP contribution < -0.4 is 5.32 Å². The van der Waals surface area contributed by atoms with Gasteiger partial charge in [-0.15, -0.1) is 0 Å². The normalized spacial score (nSPS) is 19.6. The van der Waals surface area contributed by atoms with Crippen molar-refractivity contribution in [1.82, 2.24) is 10.2 Å². The van der Waals surface area contributed by atoms with Crippen LogP contribution in [0.2, 0.25) is 0 Å². The molecule has 1 heterocycles. The van der Waals surface area contributed by atoms with Crippen LogP contribution in [0.1, 0.15) is 49.4 Å². The second-order valence-corrected chi connectivity index (χ2v) is 6.16. The molecule has 1 aromatic carbocycles. The van der Waals surface area contributed by atoms with Gasteiger partial charge in [-0.2, -0.15) is 0 Å². The minimum Gasteiger partial charge on any atom is -0.306 e. The quantitative estimate of drug-likeness (QED) is 0.872. The zero-order valence-corrected chi connectivity index (χ0v) is 12.9. The van der Waals surface area contributed by atoms with Crippen molar-refractivity contribution in [1.29, 1.82) is 0 Å². The van der Waals surface area contributed by atoms with Crippen molar-refractivity contribution in [3.63, 3.8) is 0 Å². The number of nitrogens with one attached hydrogen (secondary N) is 1. The van der Waals surface area contributed by atoms with Crippen molar-refractivity contribution in [2.75, 3.05) is 19.6 Å². The van der Waals surface area contributed by atoms with E-state index in [0.717, 1.165) is 0 Å². The van der Waals surface area contributed by atoms with Crippen LogP contribution in [0.5, 0.6) is 0 Å². The van der Waals surface area contributed by atoms with E-state index in [9.17, 15) is 0 Å². The third-order valence-electron chi connectivity index (χ3n) is 4.17. The standard InChI is InChI=1S/C17H28N2/c1-13-7-8-14(2)17(11-13)16(4)18-15(3)12-19-9-5-6-10-19/h7-8,11,15-16,18H,5-6,9-10,12H2,1-4H3. The van der Waals surface area contributed by atoms with Crippen LogP contribution >= 0.6 is 0 Å². The van der Waals surface area contributed by atoms with Crippen LogP contribution in [0.3, 0.4) is 0 Å². The van der Waals surface area contributed by atoms with E-state index < -0.39 is 0 Å². The molecule has 106 valence electrons. The molecule has 0 amide bonds. The first-order valence-electron chi connectivity index (χ1n) is 7.62. The molecule has 2 nitrogen and oxygen atoms in total. The molecule has 1 aliphatic rings. The number of hydrogen-bond acceptors (Lipinski definition) is 2. The predicted octanol–water partition coefficient (Wildman–Crippen LogP) is 3.44. The molecule has 0 spiro atoms. The molecular weight excluding hydrogens is 232 g/mol. The SMILES string of the molecule is Cc1ccc(C)c(C(C)NC(C)CN2CCCC2)c1. The van der Waals surface area contributed by atoms with Crippen LogP contribution in [-0.4, -0.2) is 30.6 Å². The Balaban J connectivity index is 1.91. The smallest absolute Gasteiger partial charge is 0.0297 e. The average molecular weight is 260 g/mol. The molecular formula is C17H28N2. The van der Waals surface area contributed by atoms with Crippen molar-refractivity contribution in [2.24, 2.45) is 0 Å². The highest BCUT2D eigenvalue weighted by atomic mass is 15.2. The molecule has 1 saturated heterocycles. The monoisotopic (exact) mass is 260 g/mol. The van der Waals surface area contributed by atoms with Crippen molar-refractivity contribution in [3.05, 3.63) is 34.9 Å². The van der Waals surface area contributed by atoms with Crippen molar-refractivity contribution in [2.45, 2.75) is 52.6 Å². The second kappa shape index (κ2) is 6.53. The van der Waals surface area contributed by atoms with E-state index in [1.54, 1.807) is 0 Å². The molecule has 0 aliphatic carbocycles. The summed E-state index contributed by atoms with van der Waals surface area (Å²) in [5.74, 6) is 0. The Morgan fingerprint density at radius 3 is 2.53 bits per heavy atom. The Morgan fingerprint density at radius 1 is 1.16 bits per heavy atom. The lowest BCUT2D eigenvalue weighted by Gasteiger charge is -2.26. The summed E-state index contributed by atoms with van der Waals surface area (Å²) >= 11 is 0. The molecule has 0 radical (unpaired) electrons. The minimum absolute atomic E-state index is 0.428. The van der Waals surface area contributed by atoms with Gasteiger partial charge in [-0.3, -0.25) is 0 Å². The number of benzene rings is 1. The fourth-order valence-electron chi connectivity index (χ4n) is 3.15. The lowest BCUT2D eigenvalue weighted by molar-refractivity contribution is 0.289. The summed E-state index contributed by atoms with van der Waals surface area (Å²) in [6.45, 7) is 12.7. The molecule has 0 saturated carbocycles. The molecule has 0 bridgehead atoms. The number of hydrogen-bond donors (Lipinski definition) is 1. The van der Waals surface area contributed by atoms with Crippen molar-refractivity contribution >= 4 is 0 Å². The summed E-state index contributed by atoms with van der Waals surface area (Å²) in [4.78, 5) is 2.58.